The van der Waals surface area contributed by atoms with E-state index in [1.807, 2.05) is 6.92 Å². The van der Waals surface area contributed by atoms with Gasteiger partial charge in [0.15, 0.2) is 0 Å². The molecule has 3 aromatic rings. The van der Waals surface area contributed by atoms with Crippen LogP contribution in [0.1, 0.15) is 12.5 Å². The maximum absolute atomic E-state index is 12.3. The van der Waals surface area contributed by atoms with Gasteiger partial charge in [0, 0.05) is 20.3 Å². The van der Waals surface area contributed by atoms with Crippen molar-refractivity contribution in [2.75, 3.05) is 20.7 Å². The van der Waals surface area contributed by atoms with Gasteiger partial charge in [0.05, 0.1) is 22.9 Å². The van der Waals surface area contributed by atoms with Crippen LogP contribution in [0.4, 0.5) is 5.69 Å². The second-order valence-electron chi connectivity index (χ2n) is 6.80. The van der Waals surface area contributed by atoms with Crippen molar-refractivity contribution in [3.63, 3.8) is 0 Å². The average Bonchev–Trinajstić information content (AvgIpc) is 2.75. The number of hydrogen-bond donors (Lipinski definition) is 2. The van der Waals surface area contributed by atoms with Crippen LogP contribution in [0.5, 0.6) is 11.6 Å². The standard InChI is InChI=1S/C21H22N4O6S/c1-4-31-16-9-7-15(8-10-16)25-20(27)18(19(26)23-21(25)28)13-22-14-5-11-17(12-6-14)32(29,30)24(2)3/h5-13,27H,4H2,1-3H3,(H,23,26,28). The lowest BCUT2D eigenvalue weighted by atomic mass is 10.2. The topological polar surface area (TPSA) is 134 Å². The molecule has 0 saturated heterocycles. The van der Waals surface area contributed by atoms with Crippen molar-refractivity contribution in [3.8, 4) is 17.3 Å². The summed E-state index contributed by atoms with van der Waals surface area (Å²) in [5.41, 5.74) is -1.19. The molecule has 32 heavy (non-hydrogen) atoms. The van der Waals surface area contributed by atoms with Crippen molar-refractivity contribution in [2.24, 2.45) is 4.99 Å². The number of aliphatic imine (C=N–C) groups is 1. The minimum atomic E-state index is -3.58. The number of aromatic amines is 1. The van der Waals surface area contributed by atoms with Crippen LogP contribution in [0.25, 0.3) is 5.69 Å². The van der Waals surface area contributed by atoms with Crippen LogP contribution in [-0.2, 0) is 10.0 Å². The lowest BCUT2D eigenvalue weighted by molar-refractivity contribution is 0.340. The summed E-state index contributed by atoms with van der Waals surface area (Å²) in [6, 6.07) is 12.1. The van der Waals surface area contributed by atoms with E-state index in [4.69, 9.17) is 4.74 Å². The molecular formula is C21H22N4O6S. The summed E-state index contributed by atoms with van der Waals surface area (Å²) in [4.78, 5) is 30.9. The molecule has 0 saturated carbocycles. The summed E-state index contributed by atoms with van der Waals surface area (Å²) in [6.45, 7) is 2.32. The highest BCUT2D eigenvalue weighted by atomic mass is 32.2. The average molecular weight is 458 g/mol. The maximum atomic E-state index is 12.3. The molecule has 0 aliphatic rings. The molecule has 0 aliphatic heterocycles. The number of sulfonamides is 1. The van der Waals surface area contributed by atoms with Crippen molar-refractivity contribution >= 4 is 21.9 Å². The Morgan fingerprint density at radius 2 is 1.72 bits per heavy atom. The zero-order chi connectivity index (χ0) is 23.5. The Kier molecular flexibility index (Phi) is 6.61. The van der Waals surface area contributed by atoms with Crippen molar-refractivity contribution in [1.29, 1.82) is 0 Å². The first-order chi connectivity index (χ1) is 15.1. The molecule has 3 rings (SSSR count). The molecule has 11 heteroatoms. The number of H-pyrrole nitrogens is 1. The predicted octanol–water partition coefficient (Wildman–Crippen LogP) is 1.63. The zero-order valence-corrected chi connectivity index (χ0v) is 18.5. The number of nitrogens with one attached hydrogen (secondary N) is 1. The Morgan fingerprint density at radius 1 is 1.09 bits per heavy atom. The van der Waals surface area contributed by atoms with Gasteiger partial charge in [0.25, 0.3) is 5.56 Å². The van der Waals surface area contributed by atoms with Gasteiger partial charge in [0.1, 0.15) is 11.3 Å². The van der Waals surface area contributed by atoms with E-state index in [-0.39, 0.29) is 10.5 Å². The lowest BCUT2D eigenvalue weighted by Gasteiger charge is -2.11. The number of hydrogen-bond acceptors (Lipinski definition) is 7. The number of aromatic hydroxyl groups is 1. The number of ether oxygens (including phenoxy) is 1. The Morgan fingerprint density at radius 3 is 2.28 bits per heavy atom. The molecule has 0 atom stereocenters. The highest BCUT2D eigenvalue weighted by molar-refractivity contribution is 7.89. The summed E-state index contributed by atoms with van der Waals surface area (Å²) >= 11 is 0. The van der Waals surface area contributed by atoms with Gasteiger partial charge >= 0.3 is 5.69 Å². The smallest absolute Gasteiger partial charge is 0.335 e. The van der Waals surface area contributed by atoms with Crippen molar-refractivity contribution < 1.29 is 18.3 Å². The van der Waals surface area contributed by atoms with Crippen molar-refractivity contribution in [2.45, 2.75) is 11.8 Å². The van der Waals surface area contributed by atoms with Gasteiger partial charge in [-0.3, -0.25) is 14.8 Å². The third-order valence-electron chi connectivity index (χ3n) is 4.48. The molecule has 168 valence electrons. The lowest BCUT2D eigenvalue weighted by Crippen LogP contribution is -2.31. The molecule has 2 aromatic carbocycles. The summed E-state index contributed by atoms with van der Waals surface area (Å²) in [7, 11) is -0.730. The van der Waals surface area contributed by atoms with E-state index in [0.717, 1.165) is 15.1 Å². The van der Waals surface area contributed by atoms with Crippen LogP contribution in [0.2, 0.25) is 0 Å². The van der Waals surface area contributed by atoms with Crippen LogP contribution >= 0.6 is 0 Å². The molecule has 1 aromatic heterocycles. The fourth-order valence-corrected chi connectivity index (χ4v) is 3.71. The van der Waals surface area contributed by atoms with Gasteiger partial charge in [-0.05, 0) is 55.5 Å². The van der Waals surface area contributed by atoms with Crippen LogP contribution in [0, 0.1) is 0 Å². The molecule has 0 spiro atoms. The van der Waals surface area contributed by atoms with Crippen LogP contribution in [0.3, 0.4) is 0 Å². The quantitative estimate of drug-likeness (QED) is 0.517. The van der Waals surface area contributed by atoms with Gasteiger partial charge in [-0.25, -0.2) is 22.1 Å². The molecular weight excluding hydrogens is 436 g/mol. The fourth-order valence-electron chi connectivity index (χ4n) is 2.81. The van der Waals surface area contributed by atoms with E-state index in [2.05, 4.69) is 9.98 Å². The molecule has 0 bridgehead atoms. The fraction of sp³-hybridized carbons (Fsp3) is 0.190. The Bertz CT molecular complexity index is 1360. The van der Waals surface area contributed by atoms with Crippen LogP contribution < -0.4 is 16.0 Å². The Balaban J connectivity index is 1.97. The summed E-state index contributed by atoms with van der Waals surface area (Å²) in [5, 5.41) is 10.6. The predicted molar refractivity (Wildman–Crippen MR) is 120 cm³/mol. The minimum Gasteiger partial charge on any atom is -0.494 e. The SMILES string of the molecule is CCOc1ccc(-n2c(O)c(C=Nc3ccc(S(=O)(=O)N(C)C)cc3)c(=O)[nH]c2=O)cc1. The molecule has 2 N–H and O–H groups in total. The van der Waals surface area contributed by atoms with E-state index < -0.39 is 27.2 Å². The molecule has 0 radical (unpaired) electrons. The minimum absolute atomic E-state index is 0.0891. The first-order valence-electron chi connectivity index (χ1n) is 9.53. The third-order valence-corrected chi connectivity index (χ3v) is 6.31. The number of nitrogens with zero attached hydrogens (tertiary/aromatic N) is 3. The van der Waals surface area contributed by atoms with E-state index >= 15 is 0 Å². The maximum Gasteiger partial charge on any atom is 0.335 e. The summed E-state index contributed by atoms with van der Waals surface area (Å²) in [6.07, 6.45) is 1.11. The normalized spacial score (nSPS) is 11.9. The van der Waals surface area contributed by atoms with Crippen LogP contribution in [-0.4, -0.2) is 54.3 Å². The van der Waals surface area contributed by atoms with Gasteiger partial charge in [-0.2, -0.15) is 0 Å². The number of benzene rings is 2. The Hall–Kier alpha value is -3.70. The van der Waals surface area contributed by atoms with Crippen molar-refractivity contribution in [3.05, 3.63) is 74.9 Å². The van der Waals surface area contributed by atoms with Crippen molar-refractivity contribution in [1.82, 2.24) is 13.9 Å². The largest absolute Gasteiger partial charge is 0.494 e. The molecule has 0 amide bonds. The Labute approximate surface area is 184 Å². The van der Waals surface area contributed by atoms with E-state index in [1.165, 1.54) is 38.4 Å². The highest BCUT2D eigenvalue weighted by Crippen LogP contribution is 2.21. The monoisotopic (exact) mass is 458 g/mol. The van der Waals surface area contributed by atoms with Gasteiger partial charge in [-0.1, -0.05) is 0 Å². The van der Waals surface area contributed by atoms with Gasteiger partial charge in [-0.15, -0.1) is 0 Å². The number of rotatable bonds is 7. The summed E-state index contributed by atoms with van der Waals surface area (Å²) in [5.74, 6) is 0.00759. The zero-order valence-electron chi connectivity index (χ0n) is 17.6. The number of aromatic nitrogens is 2. The van der Waals surface area contributed by atoms with E-state index in [1.54, 1.807) is 24.3 Å². The van der Waals surface area contributed by atoms with E-state index in [9.17, 15) is 23.1 Å². The molecule has 0 unspecified atom stereocenters. The first kappa shape index (κ1) is 23.0. The summed E-state index contributed by atoms with van der Waals surface area (Å²) < 4.78 is 31.7. The second-order valence-corrected chi connectivity index (χ2v) is 8.95. The van der Waals surface area contributed by atoms with E-state index in [0.29, 0.717) is 23.7 Å². The first-order valence-corrected chi connectivity index (χ1v) is 11.0. The van der Waals surface area contributed by atoms with Gasteiger partial charge in [0.2, 0.25) is 15.9 Å². The molecule has 10 nitrogen and oxygen atoms in total. The molecule has 0 aliphatic carbocycles. The third kappa shape index (κ3) is 4.63. The highest BCUT2D eigenvalue weighted by Gasteiger charge is 2.17. The molecule has 1 heterocycles. The molecule has 0 fully saturated rings. The van der Waals surface area contributed by atoms with Gasteiger partial charge < -0.3 is 9.84 Å². The second kappa shape index (κ2) is 9.20. The van der Waals surface area contributed by atoms with Crippen LogP contribution in [0.15, 0.2) is 68.0 Å².